The number of unbranched alkanes of at least 4 members (excludes halogenated alkanes) is 3. The Bertz CT molecular complexity index is 198. The topological polar surface area (TPSA) is 47.6 Å². The third-order valence-electron chi connectivity index (χ3n) is 2.82. The fourth-order valence-electron chi connectivity index (χ4n) is 1.70. The van der Waals surface area contributed by atoms with Crippen molar-refractivity contribution in [2.45, 2.75) is 58.8 Å². The largest absolute Gasteiger partial charge is 0.466 e. The molecule has 0 aliphatic heterocycles. The fraction of sp³-hybridized carbons (Fsp3) is 0.933. The van der Waals surface area contributed by atoms with E-state index in [2.05, 4.69) is 12.2 Å². The van der Waals surface area contributed by atoms with Gasteiger partial charge in [0.05, 0.1) is 6.61 Å². The van der Waals surface area contributed by atoms with E-state index in [0.717, 1.165) is 58.4 Å². The molecule has 0 aromatic rings. The molecule has 0 fully saturated rings. The molecule has 0 spiro atoms. The van der Waals surface area contributed by atoms with Crippen LogP contribution in [0.3, 0.4) is 0 Å². The summed E-state index contributed by atoms with van der Waals surface area (Å²) in [7, 11) is 0. The van der Waals surface area contributed by atoms with Gasteiger partial charge in [-0.1, -0.05) is 19.8 Å². The Kier molecular flexibility index (Phi) is 15.0. The maximum Gasteiger partial charge on any atom is 0.305 e. The fourth-order valence-corrected chi connectivity index (χ4v) is 1.70. The Morgan fingerprint density at radius 2 is 1.68 bits per heavy atom. The number of carbonyl (C=O) groups excluding carboxylic acids is 1. The molecule has 0 amide bonds. The second kappa shape index (κ2) is 15.4. The van der Waals surface area contributed by atoms with Crippen molar-refractivity contribution in [2.24, 2.45) is 0 Å². The lowest BCUT2D eigenvalue weighted by molar-refractivity contribution is -0.143. The summed E-state index contributed by atoms with van der Waals surface area (Å²) in [5.74, 6) is -0.0697. The van der Waals surface area contributed by atoms with Crippen LogP contribution in [0.1, 0.15) is 58.8 Å². The summed E-state index contributed by atoms with van der Waals surface area (Å²) in [6.45, 7) is 8.30. The quantitative estimate of drug-likeness (QED) is 0.390. The first-order valence-corrected chi connectivity index (χ1v) is 7.75. The molecular formula is C15H31NO3. The Balaban J connectivity index is 3.01. The van der Waals surface area contributed by atoms with E-state index in [4.69, 9.17) is 9.47 Å². The summed E-state index contributed by atoms with van der Waals surface area (Å²) in [5.41, 5.74) is 0. The normalized spacial score (nSPS) is 10.6. The van der Waals surface area contributed by atoms with Gasteiger partial charge in [-0.2, -0.15) is 0 Å². The minimum absolute atomic E-state index is 0.0697. The first-order valence-electron chi connectivity index (χ1n) is 7.75. The summed E-state index contributed by atoms with van der Waals surface area (Å²) < 4.78 is 10.4. The minimum atomic E-state index is -0.0697. The van der Waals surface area contributed by atoms with Crippen LogP contribution in [-0.4, -0.2) is 38.9 Å². The molecule has 0 saturated heterocycles. The van der Waals surface area contributed by atoms with E-state index >= 15 is 0 Å². The molecule has 114 valence electrons. The van der Waals surface area contributed by atoms with E-state index in [0.29, 0.717) is 13.0 Å². The first-order chi connectivity index (χ1) is 9.31. The molecule has 0 bridgehead atoms. The average molecular weight is 273 g/mol. The molecule has 4 heteroatoms. The van der Waals surface area contributed by atoms with Crippen LogP contribution in [0.25, 0.3) is 0 Å². The molecule has 0 saturated carbocycles. The van der Waals surface area contributed by atoms with Crippen molar-refractivity contribution in [2.75, 3.05) is 32.9 Å². The molecule has 0 radical (unpaired) electrons. The zero-order valence-corrected chi connectivity index (χ0v) is 12.7. The van der Waals surface area contributed by atoms with Gasteiger partial charge in [0.15, 0.2) is 0 Å². The second-order valence-corrected chi connectivity index (χ2v) is 4.69. The van der Waals surface area contributed by atoms with Crippen LogP contribution in [0.15, 0.2) is 0 Å². The van der Waals surface area contributed by atoms with Crippen molar-refractivity contribution in [1.82, 2.24) is 5.32 Å². The van der Waals surface area contributed by atoms with E-state index in [-0.39, 0.29) is 5.97 Å². The van der Waals surface area contributed by atoms with Crippen LogP contribution in [0.2, 0.25) is 0 Å². The predicted molar refractivity (Wildman–Crippen MR) is 78.3 cm³/mol. The van der Waals surface area contributed by atoms with Crippen LogP contribution in [0.4, 0.5) is 0 Å². The van der Waals surface area contributed by atoms with Gasteiger partial charge in [0.1, 0.15) is 0 Å². The van der Waals surface area contributed by atoms with Crippen LogP contribution >= 0.6 is 0 Å². The van der Waals surface area contributed by atoms with Gasteiger partial charge in [0, 0.05) is 19.6 Å². The second-order valence-electron chi connectivity index (χ2n) is 4.69. The summed E-state index contributed by atoms with van der Waals surface area (Å²) in [5, 5.41) is 3.39. The van der Waals surface area contributed by atoms with Crippen molar-refractivity contribution in [3.05, 3.63) is 0 Å². The molecule has 0 aromatic heterocycles. The summed E-state index contributed by atoms with van der Waals surface area (Å²) in [6, 6.07) is 0. The summed E-state index contributed by atoms with van der Waals surface area (Å²) in [4.78, 5) is 11.1. The number of nitrogens with one attached hydrogen (secondary N) is 1. The molecule has 0 aromatic carbocycles. The Hall–Kier alpha value is -0.610. The highest BCUT2D eigenvalue weighted by Gasteiger charge is 2.00. The molecule has 0 aliphatic carbocycles. The van der Waals surface area contributed by atoms with Gasteiger partial charge in [0.25, 0.3) is 0 Å². The van der Waals surface area contributed by atoms with Crippen molar-refractivity contribution >= 4 is 5.97 Å². The third kappa shape index (κ3) is 15.3. The summed E-state index contributed by atoms with van der Waals surface area (Å²) >= 11 is 0. The van der Waals surface area contributed by atoms with Crippen LogP contribution in [-0.2, 0) is 14.3 Å². The maximum atomic E-state index is 11.1. The number of carbonyl (C=O) groups is 1. The zero-order chi connectivity index (χ0) is 14.2. The molecule has 0 aliphatic rings. The molecular weight excluding hydrogens is 242 g/mol. The standard InChI is InChI=1S/C15H31NO3/c1-3-5-13-18-14-9-12-16-11-8-6-7-10-15(17)19-4-2/h16H,3-14H2,1-2H3. The average Bonchev–Trinajstić information content (AvgIpc) is 2.40. The molecule has 19 heavy (non-hydrogen) atoms. The summed E-state index contributed by atoms with van der Waals surface area (Å²) in [6.07, 6.45) is 7.12. The van der Waals surface area contributed by atoms with Crippen molar-refractivity contribution in [3.8, 4) is 0 Å². The van der Waals surface area contributed by atoms with Crippen LogP contribution in [0, 0.1) is 0 Å². The van der Waals surface area contributed by atoms with Crippen LogP contribution in [0.5, 0.6) is 0 Å². The number of hydrogen-bond acceptors (Lipinski definition) is 4. The molecule has 0 heterocycles. The lowest BCUT2D eigenvalue weighted by Crippen LogP contribution is -2.18. The number of hydrogen-bond donors (Lipinski definition) is 1. The zero-order valence-electron chi connectivity index (χ0n) is 12.7. The molecule has 4 nitrogen and oxygen atoms in total. The van der Waals surface area contributed by atoms with E-state index in [1.165, 1.54) is 6.42 Å². The van der Waals surface area contributed by atoms with E-state index in [1.54, 1.807) is 0 Å². The number of esters is 1. The highest BCUT2D eigenvalue weighted by Crippen LogP contribution is 2.00. The van der Waals surface area contributed by atoms with Gasteiger partial charge in [-0.15, -0.1) is 0 Å². The van der Waals surface area contributed by atoms with Crippen LogP contribution < -0.4 is 5.32 Å². The lowest BCUT2D eigenvalue weighted by atomic mass is 10.2. The number of ether oxygens (including phenoxy) is 2. The molecule has 0 atom stereocenters. The SMILES string of the molecule is CCCCOCCCNCCCCCC(=O)OCC. The van der Waals surface area contributed by atoms with E-state index in [1.807, 2.05) is 6.92 Å². The molecule has 1 N–H and O–H groups in total. The van der Waals surface area contributed by atoms with E-state index < -0.39 is 0 Å². The molecule has 0 rings (SSSR count). The van der Waals surface area contributed by atoms with Gasteiger partial charge in [-0.3, -0.25) is 4.79 Å². The minimum Gasteiger partial charge on any atom is -0.466 e. The molecule has 0 unspecified atom stereocenters. The van der Waals surface area contributed by atoms with Gasteiger partial charge in [-0.05, 0) is 45.7 Å². The lowest BCUT2D eigenvalue weighted by Gasteiger charge is -2.06. The monoisotopic (exact) mass is 273 g/mol. The Labute approximate surface area is 118 Å². The highest BCUT2D eigenvalue weighted by molar-refractivity contribution is 5.69. The maximum absolute atomic E-state index is 11.1. The number of rotatable bonds is 14. The third-order valence-corrected chi connectivity index (χ3v) is 2.82. The van der Waals surface area contributed by atoms with Crippen molar-refractivity contribution < 1.29 is 14.3 Å². The predicted octanol–water partition coefficient (Wildman–Crippen LogP) is 2.91. The van der Waals surface area contributed by atoms with E-state index in [9.17, 15) is 4.79 Å². The van der Waals surface area contributed by atoms with Crippen molar-refractivity contribution in [3.63, 3.8) is 0 Å². The van der Waals surface area contributed by atoms with Gasteiger partial charge < -0.3 is 14.8 Å². The smallest absolute Gasteiger partial charge is 0.305 e. The van der Waals surface area contributed by atoms with Gasteiger partial charge >= 0.3 is 5.97 Å². The van der Waals surface area contributed by atoms with Crippen molar-refractivity contribution in [1.29, 1.82) is 0 Å². The Morgan fingerprint density at radius 3 is 2.42 bits per heavy atom. The highest BCUT2D eigenvalue weighted by atomic mass is 16.5. The first kappa shape index (κ1) is 18.4. The van der Waals surface area contributed by atoms with Gasteiger partial charge in [0.2, 0.25) is 0 Å². The van der Waals surface area contributed by atoms with Gasteiger partial charge in [-0.25, -0.2) is 0 Å². The Morgan fingerprint density at radius 1 is 0.947 bits per heavy atom.